The van der Waals surface area contributed by atoms with Gasteiger partial charge in [-0.15, -0.1) is 0 Å². The van der Waals surface area contributed by atoms with Crippen LogP contribution in [0.4, 0.5) is 8.78 Å². The Morgan fingerprint density at radius 1 is 1.50 bits per heavy atom. The first-order chi connectivity index (χ1) is 6.61. The van der Waals surface area contributed by atoms with Crippen LogP contribution >= 0.6 is 0 Å². The first-order valence-corrected chi connectivity index (χ1v) is 3.72. The van der Waals surface area contributed by atoms with Crippen LogP contribution < -0.4 is 4.74 Å². The van der Waals surface area contributed by atoms with E-state index >= 15 is 0 Å². The zero-order valence-corrected chi connectivity index (χ0v) is 7.34. The van der Waals surface area contributed by atoms with Crippen LogP contribution in [0.2, 0.25) is 0 Å². The van der Waals surface area contributed by atoms with Crippen molar-refractivity contribution in [3.8, 4) is 17.6 Å². The Bertz CT molecular complexity index is 399. The second-order valence-electron chi connectivity index (χ2n) is 2.54. The molecule has 0 atom stereocenters. The molecule has 0 aromatic heterocycles. The first-order valence-electron chi connectivity index (χ1n) is 3.72. The van der Waals surface area contributed by atoms with Crippen molar-refractivity contribution in [1.82, 2.24) is 0 Å². The lowest BCUT2D eigenvalue weighted by Crippen LogP contribution is -1.96. The molecule has 1 N–H and O–H groups in total. The van der Waals surface area contributed by atoms with Crippen LogP contribution in [0.5, 0.6) is 11.5 Å². The van der Waals surface area contributed by atoms with E-state index < -0.39 is 23.1 Å². The molecule has 0 saturated carbocycles. The van der Waals surface area contributed by atoms with E-state index in [2.05, 4.69) is 4.74 Å². The third kappa shape index (κ3) is 1.59. The Hall–Kier alpha value is -1.83. The summed E-state index contributed by atoms with van der Waals surface area (Å²) in [5.41, 5.74) is -0.259. The minimum Gasteiger partial charge on any atom is -0.504 e. The molecule has 0 aliphatic rings. The van der Waals surface area contributed by atoms with E-state index in [4.69, 9.17) is 5.26 Å². The number of aromatic hydroxyl groups is 1. The number of methoxy groups -OCH3 is 1. The fourth-order valence-electron chi connectivity index (χ4n) is 1.07. The predicted molar refractivity (Wildman–Crippen MR) is 43.9 cm³/mol. The molecule has 0 bridgehead atoms. The predicted octanol–water partition coefficient (Wildman–Crippen LogP) is 1.75. The molecule has 0 heterocycles. The second-order valence-corrected chi connectivity index (χ2v) is 2.54. The molecule has 0 spiro atoms. The first kappa shape index (κ1) is 10.3. The van der Waals surface area contributed by atoms with Crippen molar-refractivity contribution in [3.63, 3.8) is 0 Å². The number of phenols is 1. The lowest BCUT2D eigenvalue weighted by molar-refractivity contribution is 0.345. The molecule has 1 aromatic rings. The quantitative estimate of drug-likeness (QED) is 0.789. The van der Waals surface area contributed by atoms with Gasteiger partial charge in [-0.1, -0.05) is 0 Å². The van der Waals surface area contributed by atoms with Gasteiger partial charge in [0.15, 0.2) is 17.3 Å². The average Bonchev–Trinajstić information content (AvgIpc) is 2.12. The Balaban J connectivity index is 3.37. The van der Waals surface area contributed by atoms with E-state index in [1.807, 2.05) is 0 Å². The highest BCUT2D eigenvalue weighted by Crippen LogP contribution is 2.34. The number of benzene rings is 1. The van der Waals surface area contributed by atoms with Gasteiger partial charge in [0.1, 0.15) is 5.82 Å². The summed E-state index contributed by atoms with van der Waals surface area (Å²) in [6.45, 7) is 0. The van der Waals surface area contributed by atoms with E-state index in [1.165, 1.54) is 0 Å². The highest BCUT2D eigenvalue weighted by atomic mass is 19.1. The van der Waals surface area contributed by atoms with Gasteiger partial charge in [-0.2, -0.15) is 5.26 Å². The summed E-state index contributed by atoms with van der Waals surface area (Å²) in [5, 5.41) is 17.7. The Labute approximate surface area is 79.2 Å². The summed E-state index contributed by atoms with van der Waals surface area (Å²) >= 11 is 0. The Morgan fingerprint density at radius 2 is 2.14 bits per heavy atom. The fraction of sp³-hybridized carbons (Fsp3) is 0.222. The van der Waals surface area contributed by atoms with E-state index in [-0.39, 0.29) is 12.0 Å². The molecule has 1 aromatic carbocycles. The largest absolute Gasteiger partial charge is 0.504 e. The zero-order valence-electron chi connectivity index (χ0n) is 7.34. The minimum absolute atomic E-state index is 0.259. The van der Waals surface area contributed by atoms with Gasteiger partial charge >= 0.3 is 0 Å². The number of hydrogen-bond donors (Lipinski definition) is 1. The van der Waals surface area contributed by atoms with Crippen molar-refractivity contribution < 1.29 is 18.6 Å². The number of rotatable bonds is 2. The smallest absolute Gasteiger partial charge is 0.197 e. The molecule has 1 rings (SSSR count). The van der Waals surface area contributed by atoms with Crippen molar-refractivity contribution in [2.75, 3.05) is 7.11 Å². The lowest BCUT2D eigenvalue weighted by Gasteiger charge is -2.08. The molecule has 0 aliphatic carbocycles. The fourth-order valence-corrected chi connectivity index (χ4v) is 1.07. The molecule has 0 saturated heterocycles. The molecule has 0 aliphatic heterocycles. The minimum atomic E-state index is -0.996. The van der Waals surface area contributed by atoms with E-state index in [0.717, 1.165) is 7.11 Å². The van der Waals surface area contributed by atoms with E-state index in [9.17, 15) is 13.9 Å². The molecule has 0 amide bonds. The average molecular weight is 199 g/mol. The van der Waals surface area contributed by atoms with Gasteiger partial charge in [0.2, 0.25) is 0 Å². The normalized spacial score (nSPS) is 9.57. The number of nitrogens with zero attached hydrogens (tertiary/aromatic N) is 1. The summed E-state index contributed by atoms with van der Waals surface area (Å²) in [5.74, 6) is -3.06. The highest BCUT2D eigenvalue weighted by Gasteiger charge is 2.18. The van der Waals surface area contributed by atoms with Crippen LogP contribution in [-0.4, -0.2) is 12.2 Å². The molecule has 74 valence electrons. The van der Waals surface area contributed by atoms with E-state index in [0.29, 0.717) is 6.07 Å². The third-order valence-electron chi connectivity index (χ3n) is 1.72. The van der Waals surface area contributed by atoms with Crippen LogP contribution in [0.15, 0.2) is 6.07 Å². The summed E-state index contributed by atoms with van der Waals surface area (Å²) in [6.07, 6.45) is -0.339. The van der Waals surface area contributed by atoms with Crippen molar-refractivity contribution >= 4 is 0 Å². The van der Waals surface area contributed by atoms with Gasteiger partial charge in [0.25, 0.3) is 0 Å². The molecule has 5 heteroatoms. The SMILES string of the molecule is COc1c(F)cc(F)c(CC#N)c1O. The number of phenolic OH excluding ortho intramolecular Hbond substituents is 1. The van der Waals surface area contributed by atoms with Gasteiger partial charge in [-0.3, -0.25) is 0 Å². The van der Waals surface area contributed by atoms with E-state index in [1.54, 1.807) is 6.07 Å². The van der Waals surface area contributed by atoms with Crippen molar-refractivity contribution in [1.29, 1.82) is 5.26 Å². The summed E-state index contributed by atoms with van der Waals surface area (Å²) in [4.78, 5) is 0. The van der Waals surface area contributed by atoms with Crippen molar-refractivity contribution in [3.05, 3.63) is 23.3 Å². The standard InChI is InChI=1S/C9H7F2NO2/c1-14-9-7(11)4-6(10)5(2-3-12)8(9)13/h4,13H,2H2,1H3. The van der Waals surface area contributed by atoms with Crippen molar-refractivity contribution in [2.24, 2.45) is 0 Å². The second kappa shape index (κ2) is 3.92. The van der Waals surface area contributed by atoms with Gasteiger partial charge in [0, 0.05) is 11.6 Å². The summed E-state index contributed by atoms with van der Waals surface area (Å²) in [7, 11) is 1.15. The number of halogens is 2. The van der Waals surface area contributed by atoms with Gasteiger partial charge in [-0.05, 0) is 0 Å². The molecular formula is C9H7F2NO2. The van der Waals surface area contributed by atoms with Crippen LogP contribution in [0, 0.1) is 23.0 Å². The molecule has 0 radical (unpaired) electrons. The number of nitriles is 1. The molecule has 0 fully saturated rings. The number of ether oxygens (including phenoxy) is 1. The topological polar surface area (TPSA) is 53.2 Å². The maximum atomic E-state index is 13.0. The van der Waals surface area contributed by atoms with Gasteiger partial charge in [-0.25, -0.2) is 8.78 Å². The number of hydrogen-bond acceptors (Lipinski definition) is 3. The van der Waals surface area contributed by atoms with Crippen LogP contribution in [0.3, 0.4) is 0 Å². The highest BCUT2D eigenvalue weighted by molar-refractivity contribution is 5.48. The van der Waals surface area contributed by atoms with Crippen LogP contribution in [-0.2, 0) is 6.42 Å². The lowest BCUT2D eigenvalue weighted by atomic mass is 10.1. The summed E-state index contributed by atoms with van der Waals surface area (Å²) in [6, 6.07) is 2.23. The maximum absolute atomic E-state index is 13.0. The maximum Gasteiger partial charge on any atom is 0.197 e. The van der Waals surface area contributed by atoms with Crippen molar-refractivity contribution in [2.45, 2.75) is 6.42 Å². The summed E-state index contributed by atoms with van der Waals surface area (Å²) < 4.78 is 30.4. The molecule has 14 heavy (non-hydrogen) atoms. The molecular weight excluding hydrogens is 192 g/mol. The third-order valence-corrected chi connectivity index (χ3v) is 1.72. The van der Waals surface area contributed by atoms with Gasteiger partial charge in [0.05, 0.1) is 19.6 Å². The van der Waals surface area contributed by atoms with Crippen LogP contribution in [0.25, 0.3) is 0 Å². The molecule has 3 nitrogen and oxygen atoms in total. The van der Waals surface area contributed by atoms with Crippen LogP contribution in [0.1, 0.15) is 5.56 Å². The monoisotopic (exact) mass is 199 g/mol. The Morgan fingerprint density at radius 3 is 2.64 bits per heavy atom. The van der Waals surface area contributed by atoms with Gasteiger partial charge < -0.3 is 9.84 Å². The molecule has 0 unspecified atom stereocenters. The zero-order chi connectivity index (χ0) is 10.7. The Kier molecular flexibility index (Phi) is 2.87.